The van der Waals surface area contributed by atoms with E-state index in [2.05, 4.69) is 22.5 Å². The standard InChI is InChI=1S/C24H29BrN2O5S/c1-2-10-26(14-15-8-4-3-5-9-15)22(30)20-24-13-16(25)19(33-24)17(23(31)32)18(24)21(29)27(20)11-6-7-12-28/h2-5,8-9,16-20,28H,1,6-7,10-14H2,(H,31,32)/t16?,17-,18+,19-,20?,24?/m1/s1. The molecule has 9 heteroatoms. The molecule has 7 nitrogen and oxygen atoms in total. The average molecular weight is 537 g/mol. The summed E-state index contributed by atoms with van der Waals surface area (Å²) >= 11 is 5.16. The molecule has 2 bridgehead atoms. The Morgan fingerprint density at radius 2 is 2.03 bits per heavy atom. The lowest BCUT2D eigenvalue weighted by atomic mass is 9.71. The van der Waals surface area contributed by atoms with Crippen molar-refractivity contribution < 1.29 is 24.6 Å². The van der Waals surface area contributed by atoms with Gasteiger partial charge in [0.2, 0.25) is 11.8 Å². The molecule has 3 saturated heterocycles. The van der Waals surface area contributed by atoms with Crippen LogP contribution in [0.1, 0.15) is 24.8 Å². The van der Waals surface area contributed by atoms with Crippen LogP contribution >= 0.6 is 27.7 Å². The number of rotatable bonds is 10. The van der Waals surface area contributed by atoms with Crippen molar-refractivity contribution in [1.82, 2.24) is 9.80 Å². The van der Waals surface area contributed by atoms with Gasteiger partial charge in [-0.3, -0.25) is 14.4 Å². The van der Waals surface area contributed by atoms with Gasteiger partial charge in [0.1, 0.15) is 6.04 Å². The van der Waals surface area contributed by atoms with Gasteiger partial charge in [0, 0.05) is 36.3 Å². The van der Waals surface area contributed by atoms with Crippen molar-refractivity contribution in [2.75, 3.05) is 19.7 Å². The molecule has 3 fully saturated rings. The molecule has 33 heavy (non-hydrogen) atoms. The Bertz CT molecular complexity index is 931. The number of carbonyl (C=O) groups is 3. The first-order valence-electron chi connectivity index (χ1n) is 11.3. The zero-order valence-corrected chi connectivity index (χ0v) is 20.7. The second-order valence-corrected chi connectivity index (χ2v) is 11.7. The zero-order valence-electron chi connectivity index (χ0n) is 18.3. The van der Waals surface area contributed by atoms with Crippen LogP contribution in [-0.4, -0.2) is 78.4 Å². The molecule has 1 aromatic rings. The Hall–Kier alpha value is -1.84. The number of hydrogen-bond donors (Lipinski definition) is 2. The number of carboxylic acid groups (broad SMARTS) is 1. The van der Waals surface area contributed by atoms with E-state index >= 15 is 0 Å². The monoisotopic (exact) mass is 536 g/mol. The number of halogens is 1. The van der Waals surface area contributed by atoms with Crippen LogP contribution in [0.2, 0.25) is 0 Å². The number of amides is 2. The van der Waals surface area contributed by atoms with Crippen LogP contribution in [-0.2, 0) is 20.9 Å². The first kappa shape index (κ1) is 24.3. The van der Waals surface area contributed by atoms with E-state index in [4.69, 9.17) is 0 Å². The van der Waals surface area contributed by atoms with Gasteiger partial charge in [-0.15, -0.1) is 18.3 Å². The topological polar surface area (TPSA) is 98.2 Å². The molecule has 0 aliphatic carbocycles. The number of alkyl halides is 1. The number of aliphatic hydroxyl groups excluding tert-OH is 1. The van der Waals surface area contributed by atoms with Crippen LogP contribution in [0, 0.1) is 11.8 Å². The predicted octanol–water partition coefficient (Wildman–Crippen LogP) is 2.52. The van der Waals surface area contributed by atoms with Gasteiger partial charge in [-0.05, 0) is 24.8 Å². The van der Waals surface area contributed by atoms with Crippen LogP contribution < -0.4 is 0 Å². The Morgan fingerprint density at radius 3 is 2.67 bits per heavy atom. The largest absolute Gasteiger partial charge is 0.481 e. The maximum Gasteiger partial charge on any atom is 0.308 e. The molecule has 3 unspecified atom stereocenters. The highest BCUT2D eigenvalue weighted by atomic mass is 79.9. The van der Waals surface area contributed by atoms with Gasteiger partial charge in [-0.25, -0.2) is 0 Å². The summed E-state index contributed by atoms with van der Waals surface area (Å²) in [5.74, 6) is -2.93. The van der Waals surface area contributed by atoms with Crippen molar-refractivity contribution in [1.29, 1.82) is 0 Å². The Kier molecular flexibility index (Phi) is 7.21. The number of aliphatic carboxylic acids is 1. The summed E-state index contributed by atoms with van der Waals surface area (Å²) in [5, 5.41) is 19.0. The highest BCUT2D eigenvalue weighted by Crippen LogP contribution is 2.67. The fraction of sp³-hybridized carbons (Fsp3) is 0.542. The molecule has 3 aliphatic heterocycles. The fourth-order valence-corrected chi connectivity index (χ4v) is 9.29. The Labute approximate surface area is 206 Å². The highest BCUT2D eigenvalue weighted by molar-refractivity contribution is 9.09. The van der Waals surface area contributed by atoms with Gasteiger partial charge in [0.25, 0.3) is 0 Å². The molecule has 178 valence electrons. The first-order chi connectivity index (χ1) is 15.9. The highest BCUT2D eigenvalue weighted by Gasteiger charge is 2.75. The number of unbranched alkanes of at least 4 members (excludes halogenated alkanes) is 1. The molecular formula is C24H29BrN2O5S. The van der Waals surface area contributed by atoms with Gasteiger partial charge >= 0.3 is 5.97 Å². The van der Waals surface area contributed by atoms with E-state index in [-0.39, 0.29) is 28.5 Å². The Morgan fingerprint density at radius 1 is 1.30 bits per heavy atom. The molecule has 0 saturated carbocycles. The van der Waals surface area contributed by atoms with Crippen molar-refractivity contribution in [3.63, 3.8) is 0 Å². The number of aliphatic hydroxyl groups is 1. The summed E-state index contributed by atoms with van der Waals surface area (Å²) in [7, 11) is 0. The minimum absolute atomic E-state index is 0.00383. The van der Waals surface area contributed by atoms with E-state index in [0.717, 1.165) is 5.56 Å². The SMILES string of the molecule is C=CCN(Cc1ccccc1)C(=O)C1N(CCCCO)C(=O)[C@@H]2[C@@H](C(=O)O)[C@@H]3SC12CC3Br. The first-order valence-corrected chi connectivity index (χ1v) is 13.0. The minimum atomic E-state index is -0.979. The van der Waals surface area contributed by atoms with E-state index < -0.39 is 28.6 Å². The number of fused-ring (bicyclic) bond motifs is 1. The van der Waals surface area contributed by atoms with E-state index in [9.17, 15) is 24.6 Å². The summed E-state index contributed by atoms with van der Waals surface area (Å²) in [4.78, 5) is 43.2. The van der Waals surface area contributed by atoms with Gasteiger partial charge in [0.15, 0.2) is 0 Å². The van der Waals surface area contributed by atoms with Crippen molar-refractivity contribution in [2.45, 2.75) is 46.7 Å². The lowest BCUT2D eigenvalue weighted by molar-refractivity contribution is -0.148. The minimum Gasteiger partial charge on any atom is -0.481 e. The predicted molar refractivity (Wildman–Crippen MR) is 130 cm³/mol. The normalized spacial score (nSPS) is 32.1. The molecule has 1 aromatic carbocycles. The average Bonchev–Trinajstić information content (AvgIpc) is 3.38. The third kappa shape index (κ3) is 4.12. The molecule has 0 radical (unpaired) electrons. The molecule has 3 aliphatic rings. The van der Waals surface area contributed by atoms with Gasteiger partial charge in [-0.2, -0.15) is 0 Å². The lowest BCUT2D eigenvalue weighted by Crippen LogP contribution is -2.55. The maximum absolute atomic E-state index is 14.1. The van der Waals surface area contributed by atoms with Crippen LogP contribution in [0.15, 0.2) is 43.0 Å². The van der Waals surface area contributed by atoms with Crippen LogP contribution in [0.3, 0.4) is 0 Å². The maximum atomic E-state index is 14.1. The number of carbonyl (C=O) groups excluding carboxylic acids is 2. The molecule has 2 N–H and O–H groups in total. The van der Waals surface area contributed by atoms with Gasteiger partial charge < -0.3 is 20.0 Å². The second-order valence-electron chi connectivity index (χ2n) is 8.96. The fourth-order valence-electron chi connectivity index (χ4n) is 5.69. The van der Waals surface area contributed by atoms with Crippen LogP contribution in [0.5, 0.6) is 0 Å². The van der Waals surface area contributed by atoms with E-state index in [1.165, 1.54) is 11.8 Å². The summed E-state index contributed by atoms with van der Waals surface area (Å²) in [6.45, 7) is 4.86. The quantitative estimate of drug-likeness (QED) is 0.271. The number of benzene rings is 1. The van der Waals surface area contributed by atoms with Gasteiger partial charge in [0.05, 0.1) is 16.6 Å². The van der Waals surface area contributed by atoms with E-state index in [1.54, 1.807) is 15.9 Å². The molecule has 6 atom stereocenters. The number of hydrogen-bond acceptors (Lipinski definition) is 5. The van der Waals surface area contributed by atoms with Crippen molar-refractivity contribution in [2.24, 2.45) is 11.8 Å². The summed E-state index contributed by atoms with van der Waals surface area (Å²) in [6, 6.07) is 8.92. The Balaban J connectivity index is 1.71. The van der Waals surface area contributed by atoms with E-state index in [0.29, 0.717) is 38.9 Å². The smallest absolute Gasteiger partial charge is 0.308 e. The second kappa shape index (κ2) is 9.80. The van der Waals surface area contributed by atoms with Crippen molar-refractivity contribution in [3.05, 3.63) is 48.6 Å². The zero-order chi connectivity index (χ0) is 23.8. The molecule has 4 rings (SSSR count). The van der Waals surface area contributed by atoms with Crippen molar-refractivity contribution in [3.8, 4) is 0 Å². The molecule has 1 spiro atoms. The third-order valence-electron chi connectivity index (χ3n) is 6.99. The molecular weight excluding hydrogens is 508 g/mol. The number of likely N-dealkylation sites (tertiary alicyclic amines) is 1. The molecule has 0 aromatic heterocycles. The van der Waals surface area contributed by atoms with Gasteiger partial charge in [-0.1, -0.05) is 52.3 Å². The van der Waals surface area contributed by atoms with E-state index in [1.807, 2.05) is 30.3 Å². The number of thioether (sulfide) groups is 1. The summed E-state index contributed by atoms with van der Waals surface area (Å²) in [5.41, 5.74) is 0.975. The number of carboxylic acids is 1. The van der Waals surface area contributed by atoms with Crippen LogP contribution in [0.25, 0.3) is 0 Å². The number of nitrogens with zero attached hydrogens (tertiary/aromatic N) is 2. The lowest BCUT2D eigenvalue weighted by Gasteiger charge is -2.37. The van der Waals surface area contributed by atoms with Crippen molar-refractivity contribution >= 4 is 45.5 Å². The summed E-state index contributed by atoms with van der Waals surface area (Å²) < 4.78 is -0.772. The summed E-state index contributed by atoms with van der Waals surface area (Å²) in [6.07, 6.45) is 3.32. The van der Waals surface area contributed by atoms with Crippen LogP contribution in [0.4, 0.5) is 0 Å². The molecule has 2 amide bonds. The third-order valence-corrected chi connectivity index (χ3v) is 10.2. The molecule has 3 heterocycles.